The van der Waals surface area contributed by atoms with Gasteiger partial charge in [0, 0.05) is 18.5 Å². The number of rotatable bonds is 4. The molecular formula is C14H18FNO3. The van der Waals surface area contributed by atoms with Crippen LogP contribution in [0.2, 0.25) is 0 Å². The molecular weight excluding hydrogens is 249 g/mol. The van der Waals surface area contributed by atoms with E-state index in [1.165, 1.54) is 6.07 Å². The number of para-hydroxylation sites is 1. The Morgan fingerprint density at radius 3 is 2.95 bits per heavy atom. The third-order valence-electron chi connectivity index (χ3n) is 3.26. The molecule has 0 saturated carbocycles. The number of hydrogen-bond donors (Lipinski definition) is 2. The van der Waals surface area contributed by atoms with Crippen LogP contribution >= 0.6 is 0 Å². The minimum Gasteiger partial charge on any atom is -0.477 e. The number of hydrogen-bond acceptors (Lipinski definition) is 3. The van der Waals surface area contributed by atoms with Gasteiger partial charge in [0.05, 0.1) is 6.10 Å². The molecule has 0 aliphatic carbocycles. The van der Waals surface area contributed by atoms with E-state index in [1.54, 1.807) is 12.1 Å². The van der Waals surface area contributed by atoms with Gasteiger partial charge < -0.3 is 15.2 Å². The maximum Gasteiger partial charge on any atom is 0.261 e. The lowest BCUT2D eigenvalue weighted by molar-refractivity contribution is -0.127. The van der Waals surface area contributed by atoms with E-state index < -0.39 is 18.0 Å². The zero-order valence-corrected chi connectivity index (χ0v) is 11.0. The minimum absolute atomic E-state index is 0.0689. The Morgan fingerprint density at radius 2 is 2.32 bits per heavy atom. The average molecular weight is 267 g/mol. The van der Waals surface area contributed by atoms with E-state index in [4.69, 9.17) is 4.74 Å². The topological polar surface area (TPSA) is 58.6 Å². The van der Waals surface area contributed by atoms with Crippen molar-refractivity contribution < 1.29 is 19.0 Å². The predicted molar refractivity (Wildman–Crippen MR) is 68.4 cm³/mol. The smallest absolute Gasteiger partial charge is 0.261 e. The Bertz CT molecular complexity index is 476. The van der Waals surface area contributed by atoms with Crippen LogP contribution in [0.15, 0.2) is 18.2 Å². The number of aliphatic hydroxyl groups excluding tert-OH is 1. The SMILES string of the molecule is CC(C)C(O)CNC(=O)C1Cc2cccc(F)c2O1. The number of fused-ring (bicyclic) bond motifs is 1. The number of carbonyl (C=O) groups excluding carboxylic acids is 1. The average Bonchev–Trinajstić information content (AvgIpc) is 2.80. The van der Waals surface area contributed by atoms with Crippen molar-refractivity contribution in [3.05, 3.63) is 29.6 Å². The molecule has 0 radical (unpaired) electrons. The highest BCUT2D eigenvalue weighted by molar-refractivity contribution is 5.82. The van der Waals surface area contributed by atoms with Gasteiger partial charge in [-0.05, 0) is 12.0 Å². The third kappa shape index (κ3) is 3.04. The van der Waals surface area contributed by atoms with Gasteiger partial charge in [0.25, 0.3) is 5.91 Å². The van der Waals surface area contributed by atoms with Gasteiger partial charge in [0.2, 0.25) is 0 Å². The number of benzene rings is 1. The Hall–Kier alpha value is -1.62. The molecule has 0 fully saturated rings. The molecule has 1 aliphatic heterocycles. The van der Waals surface area contributed by atoms with E-state index in [0.717, 1.165) is 0 Å². The van der Waals surface area contributed by atoms with Gasteiger partial charge in [-0.25, -0.2) is 4.39 Å². The summed E-state index contributed by atoms with van der Waals surface area (Å²) in [5.74, 6) is -0.545. The van der Waals surface area contributed by atoms with Crippen LogP contribution in [0.3, 0.4) is 0 Å². The summed E-state index contributed by atoms with van der Waals surface area (Å²) >= 11 is 0. The minimum atomic E-state index is -0.716. The molecule has 1 amide bonds. The molecule has 2 unspecified atom stereocenters. The second kappa shape index (κ2) is 5.57. The highest BCUT2D eigenvalue weighted by atomic mass is 19.1. The van der Waals surface area contributed by atoms with Gasteiger partial charge in [-0.3, -0.25) is 4.79 Å². The number of ether oxygens (including phenoxy) is 1. The summed E-state index contributed by atoms with van der Waals surface area (Å²) in [4.78, 5) is 11.9. The summed E-state index contributed by atoms with van der Waals surface area (Å²) in [5, 5.41) is 12.2. The first-order valence-corrected chi connectivity index (χ1v) is 6.39. The number of halogens is 1. The molecule has 2 rings (SSSR count). The molecule has 1 aliphatic rings. The van der Waals surface area contributed by atoms with Crippen molar-refractivity contribution in [2.24, 2.45) is 5.92 Å². The van der Waals surface area contributed by atoms with E-state index >= 15 is 0 Å². The van der Waals surface area contributed by atoms with Gasteiger partial charge in [-0.15, -0.1) is 0 Å². The van der Waals surface area contributed by atoms with Gasteiger partial charge in [-0.2, -0.15) is 0 Å². The molecule has 4 nitrogen and oxygen atoms in total. The van der Waals surface area contributed by atoms with Crippen molar-refractivity contribution in [1.82, 2.24) is 5.32 Å². The number of nitrogens with one attached hydrogen (secondary N) is 1. The first kappa shape index (κ1) is 13.8. The summed E-state index contributed by atoms with van der Waals surface area (Å²) in [6.45, 7) is 3.91. The molecule has 104 valence electrons. The molecule has 0 saturated heterocycles. The van der Waals surface area contributed by atoms with Crippen molar-refractivity contribution in [2.45, 2.75) is 32.5 Å². The van der Waals surface area contributed by atoms with Crippen molar-refractivity contribution in [3.8, 4) is 5.75 Å². The Labute approximate surface area is 111 Å². The van der Waals surface area contributed by atoms with Crippen LogP contribution in [0.1, 0.15) is 19.4 Å². The highest BCUT2D eigenvalue weighted by Gasteiger charge is 2.31. The second-order valence-corrected chi connectivity index (χ2v) is 5.10. The summed E-state index contributed by atoms with van der Waals surface area (Å²) < 4.78 is 18.8. The third-order valence-corrected chi connectivity index (χ3v) is 3.26. The van der Waals surface area contributed by atoms with Crippen LogP contribution < -0.4 is 10.1 Å². The zero-order valence-electron chi connectivity index (χ0n) is 11.0. The summed E-state index contributed by atoms with van der Waals surface area (Å²) in [7, 11) is 0. The van der Waals surface area contributed by atoms with Crippen molar-refractivity contribution >= 4 is 5.91 Å². The highest BCUT2D eigenvalue weighted by Crippen LogP contribution is 2.31. The van der Waals surface area contributed by atoms with Gasteiger partial charge in [0.15, 0.2) is 17.7 Å². The van der Waals surface area contributed by atoms with Crippen molar-refractivity contribution in [3.63, 3.8) is 0 Å². The lowest BCUT2D eigenvalue weighted by Gasteiger charge is -2.17. The number of carbonyl (C=O) groups is 1. The van der Waals surface area contributed by atoms with Crippen LogP contribution in [0, 0.1) is 11.7 Å². The normalized spacial score (nSPS) is 18.9. The molecule has 2 N–H and O–H groups in total. The summed E-state index contributed by atoms with van der Waals surface area (Å²) in [6, 6.07) is 4.65. The fourth-order valence-corrected chi connectivity index (χ4v) is 1.93. The largest absolute Gasteiger partial charge is 0.477 e. The fourth-order valence-electron chi connectivity index (χ4n) is 1.93. The molecule has 0 spiro atoms. The monoisotopic (exact) mass is 267 g/mol. The molecule has 0 bridgehead atoms. The standard InChI is InChI=1S/C14H18FNO3/c1-8(2)11(17)7-16-14(18)12-6-9-4-3-5-10(15)13(9)19-12/h3-5,8,11-12,17H,6-7H2,1-2H3,(H,16,18). The van der Waals surface area contributed by atoms with Crippen molar-refractivity contribution in [1.29, 1.82) is 0 Å². The Morgan fingerprint density at radius 1 is 1.58 bits per heavy atom. The molecule has 2 atom stereocenters. The van der Waals surface area contributed by atoms with Gasteiger partial charge in [0.1, 0.15) is 0 Å². The van der Waals surface area contributed by atoms with Crippen LogP contribution in [0.4, 0.5) is 4.39 Å². The maximum atomic E-state index is 13.5. The van der Waals surface area contributed by atoms with Gasteiger partial charge in [-0.1, -0.05) is 26.0 Å². The number of amides is 1. The molecule has 19 heavy (non-hydrogen) atoms. The first-order valence-electron chi connectivity index (χ1n) is 6.39. The van der Waals surface area contributed by atoms with E-state index in [1.807, 2.05) is 13.8 Å². The number of aliphatic hydroxyl groups is 1. The maximum absolute atomic E-state index is 13.5. The molecule has 1 aromatic carbocycles. The van der Waals surface area contributed by atoms with Gasteiger partial charge >= 0.3 is 0 Å². The Balaban J connectivity index is 1.92. The summed E-state index contributed by atoms with van der Waals surface area (Å²) in [5.41, 5.74) is 0.699. The van der Waals surface area contributed by atoms with Crippen LogP contribution in [0.25, 0.3) is 0 Å². The lowest BCUT2D eigenvalue weighted by atomic mass is 10.1. The second-order valence-electron chi connectivity index (χ2n) is 5.10. The molecule has 1 aromatic rings. The Kier molecular flexibility index (Phi) is 4.04. The van der Waals surface area contributed by atoms with Crippen LogP contribution in [-0.4, -0.2) is 29.8 Å². The molecule has 0 aromatic heterocycles. The molecule has 1 heterocycles. The predicted octanol–water partition coefficient (Wildman–Crippen LogP) is 1.26. The first-order chi connectivity index (χ1) is 8.99. The van der Waals surface area contributed by atoms with E-state index in [2.05, 4.69) is 5.32 Å². The van der Waals surface area contributed by atoms with E-state index in [9.17, 15) is 14.3 Å². The quantitative estimate of drug-likeness (QED) is 0.863. The van der Waals surface area contributed by atoms with E-state index in [-0.39, 0.29) is 24.1 Å². The van der Waals surface area contributed by atoms with Crippen molar-refractivity contribution in [2.75, 3.05) is 6.54 Å². The van der Waals surface area contributed by atoms with Crippen LogP contribution in [-0.2, 0) is 11.2 Å². The lowest BCUT2D eigenvalue weighted by Crippen LogP contribution is -2.42. The van der Waals surface area contributed by atoms with Crippen LogP contribution in [0.5, 0.6) is 5.75 Å². The molecule has 5 heteroatoms. The summed E-state index contributed by atoms with van der Waals surface area (Å²) in [6.07, 6.45) is -0.952. The zero-order chi connectivity index (χ0) is 14.0. The fraction of sp³-hybridized carbons (Fsp3) is 0.500. The van der Waals surface area contributed by atoms with E-state index in [0.29, 0.717) is 12.0 Å².